The summed E-state index contributed by atoms with van der Waals surface area (Å²) >= 11 is 9.46. The summed E-state index contributed by atoms with van der Waals surface area (Å²) in [6.45, 7) is 3.82. The lowest BCUT2D eigenvalue weighted by Gasteiger charge is -2.25. The van der Waals surface area contributed by atoms with Crippen molar-refractivity contribution in [2.75, 3.05) is 18.0 Å². The molecule has 2 aromatic carbocycles. The zero-order valence-corrected chi connectivity index (χ0v) is 15.9. The molecule has 0 fully saturated rings. The average molecular weight is 408 g/mol. The van der Waals surface area contributed by atoms with Crippen molar-refractivity contribution in [1.29, 1.82) is 0 Å². The standard InChI is InChI=1S/C19H20BrClN2O/c1-13-11-14-5-2-3-6-18(14)23(13)10-4-9-22-19(24)16-12-15(20)7-8-17(16)21/h2-3,5-8,12-13H,4,9-11H2,1H3,(H,22,24)/t13-/m0/s1. The fraction of sp³-hybridized carbons (Fsp3) is 0.316. The van der Waals surface area contributed by atoms with Gasteiger partial charge in [0.2, 0.25) is 0 Å². The summed E-state index contributed by atoms with van der Waals surface area (Å²) in [6.07, 6.45) is 1.99. The zero-order valence-electron chi connectivity index (χ0n) is 13.6. The van der Waals surface area contributed by atoms with Gasteiger partial charge in [-0.1, -0.05) is 45.7 Å². The lowest BCUT2D eigenvalue weighted by molar-refractivity contribution is 0.0953. The molecule has 1 amide bonds. The molecule has 126 valence electrons. The molecule has 0 spiro atoms. The van der Waals surface area contributed by atoms with Gasteiger partial charge in [-0.15, -0.1) is 0 Å². The second kappa shape index (κ2) is 7.58. The summed E-state index contributed by atoms with van der Waals surface area (Å²) in [5.74, 6) is -0.129. The summed E-state index contributed by atoms with van der Waals surface area (Å²) < 4.78 is 0.847. The van der Waals surface area contributed by atoms with Crippen molar-refractivity contribution >= 4 is 39.1 Å². The normalized spacial score (nSPS) is 16.1. The van der Waals surface area contributed by atoms with E-state index in [2.05, 4.69) is 57.3 Å². The third kappa shape index (κ3) is 3.76. The van der Waals surface area contributed by atoms with Crippen molar-refractivity contribution in [2.24, 2.45) is 0 Å². The third-order valence-corrected chi connectivity index (χ3v) is 5.21. The van der Waals surface area contributed by atoms with Crippen LogP contribution in [0.25, 0.3) is 0 Å². The van der Waals surface area contributed by atoms with Crippen molar-refractivity contribution < 1.29 is 4.79 Å². The highest BCUT2D eigenvalue weighted by Gasteiger charge is 2.24. The predicted molar refractivity (Wildman–Crippen MR) is 103 cm³/mol. The number of halogens is 2. The molecule has 0 radical (unpaired) electrons. The van der Waals surface area contributed by atoms with Crippen molar-refractivity contribution in [1.82, 2.24) is 5.32 Å². The van der Waals surface area contributed by atoms with Gasteiger partial charge >= 0.3 is 0 Å². The minimum Gasteiger partial charge on any atom is -0.368 e. The number of carbonyl (C=O) groups excluding carboxylic acids is 1. The number of nitrogens with one attached hydrogen (secondary N) is 1. The Labute approximate surface area is 156 Å². The first-order valence-electron chi connectivity index (χ1n) is 8.14. The number of benzene rings is 2. The zero-order chi connectivity index (χ0) is 17.1. The van der Waals surface area contributed by atoms with Crippen LogP contribution in [0.5, 0.6) is 0 Å². The Balaban J connectivity index is 1.52. The van der Waals surface area contributed by atoms with Gasteiger partial charge in [0, 0.05) is 29.3 Å². The second-order valence-electron chi connectivity index (χ2n) is 6.11. The summed E-state index contributed by atoms with van der Waals surface area (Å²) in [6, 6.07) is 14.4. The van der Waals surface area contributed by atoms with Gasteiger partial charge in [-0.05, 0) is 49.6 Å². The number of amides is 1. The van der Waals surface area contributed by atoms with Crippen molar-refractivity contribution in [2.45, 2.75) is 25.8 Å². The lowest BCUT2D eigenvalue weighted by Crippen LogP contribution is -2.33. The van der Waals surface area contributed by atoms with Crippen molar-refractivity contribution in [3.63, 3.8) is 0 Å². The second-order valence-corrected chi connectivity index (χ2v) is 7.43. The van der Waals surface area contributed by atoms with Crippen LogP contribution in [0.2, 0.25) is 5.02 Å². The quantitative estimate of drug-likeness (QED) is 0.730. The van der Waals surface area contributed by atoms with Gasteiger partial charge in [0.25, 0.3) is 5.91 Å². The molecule has 2 aromatic rings. The number of hydrogen-bond acceptors (Lipinski definition) is 2. The molecule has 1 atom stereocenters. The van der Waals surface area contributed by atoms with Gasteiger partial charge in [0.05, 0.1) is 10.6 Å². The van der Waals surface area contributed by atoms with E-state index in [1.54, 1.807) is 12.1 Å². The van der Waals surface area contributed by atoms with E-state index >= 15 is 0 Å². The van der Waals surface area contributed by atoms with E-state index in [1.807, 2.05) is 6.07 Å². The fourth-order valence-corrected chi connectivity index (χ4v) is 3.75. The Hall–Kier alpha value is -1.52. The number of carbonyl (C=O) groups is 1. The van der Waals surface area contributed by atoms with Crippen LogP contribution < -0.4 is 10.2 Å². The first-order valence-corrected chi connectivity index (χ1v) is 9.31. The molecule has 0 aliphatic carbocycles. The molecule has 1 heterocycles. The van der Waals surface area contributed by atoms with Crippen molar-refractivity contribution in [3.05, 3.63) is 63.1 Å². The van der Waals surface area contributed by atoms with E-state index in [1.165, 1.54) is 11.3 Å². The molecule has 0 saturated heterocycles. The number of nitrogens with zero attached hydrogens (tertiary/aromatic N) is 1. The monoisotopic (exact) mass is 406 g/mol. The highest BCUT2D eigenvalue weighted by Crippen LogP contribution is 2.31. The number of anilines is 1. The molecular formula is C19H20BrClN2O. The van der Waals surface area contributed by atoms with Crippen LogP contribution in [-0.2, 0) is 6.42 Å². The molecule has 3 nitrogen and oxygen atoms in total. The Morgan fingerprint density at radius 3 is 2.96 bits per heavy atom. The van der Waals surface area contributed by atoms with E-state index in [4.69, 9.17) is 11.6 Å². The van der Waals surface area contributed by atoms with Gasteiger partial charge < -0.3 is 10.2 Å². The van der Waals surface area contributed by atoms with Gasteiger partial charge in [-0.25, -0.2) is 0 Å². The minimum absolute atomic E-state index is 0.129. The van der Waals surface area contributed by atoms with E-state index in [0.29, 0.717) is 23.2 Å². The van der Waals surface area contributed by atoms with Crippen molar-refractivity contribution in [3.8, 4) is 0 Å². The van der Waals surface area contributed by atoms with E-state index < -0.39 is 0 Å². The highest BCUT2D eigenvalue weighted by molar-refractivity contribution is 9.10. The fourth-order valence-electron chi connectivity index (χ4n) is 3.19. The maximum absolute atomic E-state index is 12.2. The summed E-state index contributed by atoms with van der Waals surface area (Å²) in [5.41, 5.74) is 3.24. The minimum atomic E-state index is -0.129. The number of para-hydroxylation sites is 1. The third-order valence-electron chi connectivity index (χ3n) is 4.38. The molecule has 24 heavy (non-hydrogen) atoms. The molecule has 0 saturated carbocycles. The van der Waals surface area contributed by atoms with Gasteiger partial charge in [0.1, 0.15) is 0 Å². The number of rotatable bonds is 5. The first-order chi connectivity index (χ1) is 11.6. The van der Waals surface area contributed by atoms with Gasteiger partial charge in [-0.3, -0.25) is 4.79 Å². The topological polar surface area (TPSA) is 32.3 Å². The first kappa shape index (κ1) is 17.3. The van der Waals surface area contributed by atoms with E-state index in [-0.39, 0.29) is 5.91 Å². The molecule has 3 rings (SSSR count). The van der Waals surface area contributed by atoms with E-state index in [0.717, 1.165) is 23.9 Å². The van der Waals surface area contributed by atoms with Gasteiger partial charge in [0.15, 0.2) is 0 Å². The SMILES string of the molecule is C[C@H]1Cc2ccccc2N1CCCNC(=O)c1cc(Br)ccc1Cl. The molecule has 0 unspecified atom stereocenters. The van der Waals surface area contributed by atoms with E-state index in [9.17, 15) is 4.79 Å². The van der Waals surface area contributed by atoms with Crippen LogP contribution in [0.15, 0.2) is 46.9 Å². The molecule has 1 N–H and O–H groups in total. The van der Waals surface area contributed by atoms with Crippen LogP contribution in [0.3, 0.4) is 0 Å². The van der Waals surface area contributed by atoms with Crippen LogP contribution in [0.4, 0.5) is 5.69 Å². The highest BCUT2D eigenvalue weighted by atomic mass is 79.9. The van der Waals surface area contributed by atoms with Crippen LogP contribution in [0.1, 0.15) is 29.3 Å². The Morgan fingerprint density at radius 2 is 2.12 bits per heavy atom. The largest absolute Gasteiger partial charge is 0.368 e. The maximum atomic E-state index is 12.2. The number of hydrogen-bond donors (Lipinski definition) is 1. The molecule has 1 aliphatic heterocycles. The van der Waals surface area contributed by atoms with Gasteiger partial charge in [-0.2, -0.15) is 0 Å². The number of fused-ring (bicyclic) bond motifs is 1. The lowest BCUT2D eigenvalue weighted by atomic mass is 10.1. The van der Waals surface area contributed by atoms with Crippen LogP contribution in [0, 0.1) is 0 Å². The molecule has 1 aliphatic rings. The Morgan fingerprint density at radius 1 is 1.33 bits per heavy atom. The summed E-state index contributed by atoms with van der Waals surface area (Å²) in [5, 5.41) is 3.43. The average Bonchev–Trinajstić information content (AvgIpc) is 2.89. The Bertz CT molecular complexity index is 750. The maximum Gasteiger partial charge on any atom is 0.252 e. The Kier molecular flexibility index (Phi) is 5.47. The van der Waals surface area contributed by atoms with Crippen LogP contribution >= 0.6 is 27.5 Å². The molecule has 0 bridgehead atoms. The smallest absolute Gasteiger partial charge is 0.252 e. The molecule has 0 aromatic heterocycles. The predicted octanol–water partition coefficient (Wildman–Crippen LogP) is 4.67. The summed E-state index contributed by atoms with van der Waals surface area (Å²) in [4.78, 5) is 14.7. The van der Waals surface area contributed by atoms with Crippen LogP contribution in [-0.4, -0.2) is 25.0 Å². The molecule has 5 heteroatoms. The molecular weight excluding hydrogens is 388 g/mol. The summed E-state index contributed by atoms with van der Waals surface area (Å²) in [7, 11) is 0.